The molecule has 2 saturated heterocycles. The predicted octanol–water partition coefficient (Wildman–Crippen LogP) is 2.54. The zero-order valence-electron chi connectivity index (χ0n) is 11.6. The molecule has 0 N–H and O–H groups in total. The third-order valence-corrected chi connectivity index (χ3v) is 4.76. The molecule has 20 heavy (non-hydrogen) atoms. The van der Waals surface area contributed by atoms with E-state index < -0.39 is 0 Å². The topological polar surface area (TPSA) is 36.4 Å². The molecule has 3 heterocycles. The first kappa shape index (κ1) is 14.0. The van der Waals surface area contributed by atoms with Crippen LogP contribution in [0.3, 0.4) is 0 Å². The Hall–Kier alpha value is -0.940. The Morgan fingerprint density at radius 3 is 2.80 bits per heavy atom. The first-order chi connectivity index (χ1) is 9.74. The van der Waals surface area contributed by atoms with Gasteiger partial charge in [0.15, 0.2) is 0 Å². The smallest absolute Gasteiger partial charge is 0.254 e. The van der Waals surface area contributed by atoms with E-state index in [4.69, 9.17) is 0 Å². The zero-order chi connectivity index (χ0) is 13.9. The fourth-order valence-corrected chi connectivity index (χ4v) is 3.59. The monoisotopic (exact) mass is 337 g/mol. The molecule has 0 aliphatic carbocycles. The van der Waals surface area contributed by atoms with Crippen LogP contribution in [0.25, 0.3) is 0 Å². The summed E-state index contributed by atoms with van der Waals surface area (Å²) in [6.45, 7) is 4.15. The van der Waals surface area contributed by atoms with Gasteiger partial charge in [-0.25, -0.2) is 4.98 Å². The largest absolute Gasteiger partial charge is 0.337 e. The third kappa shape index (κ3) is 3.04. The number of hydrogen-bond acceptors (Lipinski definition) is 3. The number of carbonyl (C=O) groups excluding carboxylic acids is 1. The average molecular weight is 338 g/mol. The van der Waals surface area contributed by atoms with Crippen LogP contribution in [-0.2, 0) is 0 Å². The molecule has 1 aromatic heterocycles. The number of carbonyl (C=O) groups is 1. The summed E-state index contributed by atoms with van der Waals surface area (Å²) in [5.41, 5.74) is 0.728. The van der Waals surface area contributed by atoms with E-state index in [2.05, 4.69) is 25.8 Å². The number of pyridine rings is 1. The number of amides is 1. The summed E-state index contributed by atoms with van der Waals surface area (Å²) >= 11 is 3.32. The number of hydrogen-bond donors (Lipinski definition) is 0. The highest BCUT2D eigenvalue weighted by Crippen LogP contribution is 2.22. The molecule has 0 spiro atoms. The van der Waals surface area contributed by atoms with E-state index in [-0.39, 0.29) is 5.91 Å². The number of likely N-dealkylation sites (tertiary alicyclic amines) is 2. The standard InChI is InChI=1S/C15H20BrN3O/c16-14-10-12(4-6-17-14)15(20)19-9-5-13(11-19)18-7-2-1-3-8-18/h4,6,10,13H,1-3,5,7-9,11H2. The van der Waals surface area contributed by atoms with Crippen LogP contribution in [0.4, 0.5) is 0 Å². The van der Waals surface area contributed by atoms with Crippen LogP contribution in [0.2, 0.25) is 0 Å². The van der Waals surface area contributed by atoms with E-state index in [0.29, 0.717) is 6.04 Å². The molecule has 1 unspecified atom stereocenters. The summed E-state index contributed by atoms with van der Waals surface area (Å²) in [7, 11) is 0. The number of nitrogens with zero attached hydrogens (tertiary/aromatic N) is 3. The first-order valence-electron chi connectivity index (χ1n) is 7.39. The van der Waals surface area contributed by atoms with Crippen LogP contribution in [0.1, 0.15) is 36.0 Å². The van der Waals surface area contributed by atoms with Crippen molar-refractivity contribution in [1.82, 2.24) is 14.8 Å². The van der Waals surface area contributed by atoms with Crippen molar-refractivity contribution in [3.63, 3.8) is 0 Å². The summed E-state index contributed by atoms with van der Waals surface area (Å²) in [6, 6.07) is 4.15. The van der Waals surface area contributed by atoms with E-state index in [1.165, 1.54) is 32.4 Å². The van der Waals surface area contributed by atoms with Gasteiger partial charge < -0.3 is 4.90 Å². The minimum absolute atomic E-state index is 0.132. The van der Waals surface area contributed by atoms with Crippen LogP contribution in [-0.4, -0.2) is 52.9 Å². The van der Waals surface area contributed by atoms with Crippen LogP contribution < -0.4 is 0 Å². The molecule has 4 nitrogen and oxygen atoms in total. The second kappa shape index (κ2) is 6.22. The van der Waals surface area contributed by atoms with Crippen LogP contribution in [0, 0.1) is 0 Å². The molecule has 0 radical (unpaired) electrons. The third-order valence-electron chi connectivity index (χ3n) is 4.33. The van der Waals surface area contributed by atoms with Gasteiger partial charge in [0.25, 0.3) is 5.91 Å². The zero-order valence-corrected chi connectivity index (χ0v) is 13.2. The lowest BCUT2D eigenvalue weighted by Crippen LogP contribution is -2.41. The molecular formula is C15H20BrN3O. The Morgan fingerprint density at radius 2 is 2.05 bits per heavy atom. The molecule has 5 heteroatoms. The molecule has 1 atom stereocenters. The maximum atomic E-state index is 12.5. The SMILES string of the molecule is O=C(c1ccnc(Br)c1)N1CCC(N2CCCCC2)C1. The summed E-state index contributed by atoms with van der Waals surface area (Å²) in [5.74, 6) is 0.132. The second-order valence-electron chi connectivity index (χ2n) is 5.66. The summed E-state index contributed by atoms with van der Waals surface area (Å²) < 4.78 is 0.718. The second-order valence-corrected chi connectivity index (χ2v) is 6.47. The van der Waals surface area contributed by atoms with Crippen LogP contribution >= 0.6 is 15.9 Å². The molecule has 1 aromatic rings. The van der Waals surface area contributed by atoms with Gasteiger partial charge in [-0.1, -0.05) is 6.42 Å². The predicted molar refractivity (Wildman–Crippen MR) is 81.7 cm³/mol. The van der Waals surface area contributed by atoms with E-state index >= 15 is 0 Å². The Kier molecular flexibility index (Phi) is 4.36. The van der Waals surface area contributed by atoms with Crippen LogP contribution in [0.5, 0.6) is 0 Å². The van der Waals surface area contributed by atoms with Crippen molar-refractivity contribution in [3.8, 4) is 0 Å². The van der Waals surface area contributed by atoms with Gasteiger partial charge >= 0.3 is 0 Å². The summed E-state index contributed by atoms with van der Waals surface area (Å²) in [6.07, 6.45) is 6.76. The number of piperidine rings is 1. The van der Waals surface area contributed by atoms with E-state index in [0.717, 1.165) is 29.7 Å². The molecule has 2 aliphatic rings. The van der Waals surface area contributed by atoms with E-state index in [1.54, 1.807) is 18.3 Å². The van der Waals surface area contributed by atoms with Crippen LogP contribution in [0.15, 0.2) is 22.9 Å². The van der Waals surface area contributed by atoms with Crippen molar-refractivity contribution in [2.45, 2.75) is 31.7 Å². The van der Waals surface area contributed by atoms with Gasteiger partial charge in [0.2, 0.25) is 0 Å². The highest BCUT2D eigenvalue weighted by atomic mass is 79.9. The average Bonchev–Trinajstić information content (AvgIpc) is 2.97. The van der Waals surface area contributed by atoms with Crippen molar-refractivity contribution < 1.29 is 4.79 Å². The lowest BCUT2D eigenvalue weighted by atomic mass is 10.1. The molecular weight excluding hydrogens is 318 g/mol. The van der Waals surface area contributed by atoms with Gasteiger partial charge in [0.05, 0.1) is 0 Å². The Balaban J connectivity index is 1.63. The maximum absolute atomic E-state index is 12.5. The molecule has 0 bridgehead atoms. The summed E-state index contributed by atoms with van der Waals surface area (Å²) in [4.78, 5) is 21.1. The highest BCUT2D eigenvalue weighted by molar-refractivity contribution is 9.10. The molecule has 0 saturated carbocycles. The minimum atomic E-state index is 0.132. The fourth-order valence-electron chi connectivity index (χ4n) is 3.23. The quantitative estimate of drug-likeness (QED) is 0.778. The lowest BCUT2D eigenvalue weighted by Gasteiger charge is -2.32. The lowest BCUT2D eigenvalue weighted by molar-refractivity contribution is 0.0771. The molecule has 1 amide bonds. The van der Waals surface area contributed by atoms with E-state index in [1.807, 2.05) is 4.90 Å². The Bertz CT molecular complexity index is 488. The highest BCUT2D eigenvalue weighted by Gasteiger charge is 2.31. The van der Waals surface area contributed by atoms with Crippen molar-refractivity contribution >= 4 is 21.8 Å². The molecule has 0 aromatic carbocycles. The van der Waals surface area contributed by atoms with Crippen molar-refractivity contribution in [2.24, 2.45) is 0 Å². The van der Waals surface area contributed by atoms with Crippen molar-refractivity contribution in [3.05, 3.63) is 28.5 Å². The van der Waals surface area contributed by atoms with Crippen molar-refractivity contribution in [1.29, 1.82) is 0 Å². The number of halogens is 1. The Morgan fingerprint density at radius 1 is 1.25 bits per heavy atom. The Labute approximate surface area is 128 Å². The van der Waals surface area contributed by atoms with Gasteiger partial charge in [0.1, 0.15) is 4.60 Å². The molecule has 108 valence electrons. The van der Waals surface area contributed by atoms with E-state index in [9.17, 15) is 4.79 Å². The maximum Gasteiger partial charge on any atom is 0.254 e. The fraction of sp³-hybridized carbons (Fsp3) is 0.600. The van der Waals surface area contributed by atoms with Gasteiger partial charge in [-0.3, -0.25) is 9.69 Å². The first-order valence-corrected chi connectivity index (χ1v) is 8.18. The van der Waals surface area contributed by atoms with Gasteiger partial charge in [-0.15, -0.1) is 0 Å². The molecule has 2 fully saturated rings. The minimum Gasteiger partial charge on any atom is -0.337 e. The summed E-state index contributed by atoms with van der Waals surface area (Å²) in [5, 5.41) is 0. The van der Waals surface area contributed by atoms with Gasteiger partial charge in [-0.2, -0.15) is 0 Å². The normalized spacial score (nSPS) is 24.1. The van der Waals surface area contributed by atoms with Gasteiger partial charge in [-0.05, 0) is 60.4 Å². The molecule has 2 aliphatic heterocycles. The number of aromatic nitrogens is 1. The number of rotatable bonds is 2. The molecule has 3 rings (SSSR count). The van der Waals surface area contributed by atoms with Gasteiger partial charge in [0, 0.05) is 30.9 Å². The van der Waals surface area contributed by atoms with Crippen molar-refractivity contribution in [2.75, 3.05) is 26.2 Å².